The van der Waals surface area contributed by atoms with Gasteiger partial charge in [-0.05, 0) is 147 Å². The van der Waals surface area contributed by atoms with Crippen molar-refractivity contribution in [2.45, 2.75) is 106 Å². The number of esters is 1. The molecule has 2 nitrogen and oxygen atoms in total. The Balaban J connectivity index is 1.19. The first-order chi connectivity index (χ1) is 20.1. The molecule has 0 spiro atoms. The average molecular weight is 569 g/mol. The molecule has 0 N–H and O–H groups in total. The van der Waals surface area contributed by atoms with Crippen LogP contribution in [0.3, 0.4) is 0 Å². The maximum atomic E-state index is 12.5. The zero-order valence-corrected chi connectivity index (χ0v) is 27.3. The van der Waals surface area contributed by atoms with Crippen molar-refractivity contribution in [3.63, 3.8) is 0 Å². The summed E-state index contributed by atoms with van der Waals surface area (Å²) in [7, 11) is 0. The summed E-state index contributed by atoms with van der Waals surface area (Å²) in [6, 6.07) is 7.13. The second kappa shape index (κ2) is 12.8. The molecule has 3 fully saturated rings. The van der Waals surface area contributed by atoms with E-state index in [1.54, 1.807) is 29.8 Å². The quantitative estimate of drug-likeness (QED) is 0.168. The van der Waals surface area contributed by atoms with Crippen molar-refractivity contribution < 1.29 is 9.53 Å². The largest absolute Gasteiger partial charge is 0.462 e. The minimum atomic E-state index is -0.242. The van der Waals surface area contributed by atoms with E-state index in [0.717, 1.165) is 41.6 Å². The number of hydrogen-bond acceptors (Lipinski definition) is 2. The van der Waals surface area contributed by atoms with Crippen LogP contribution >= 0.6 is 0 Å². The number of fused-ring (bicyclic) bond motifs is 5. The number of allylic oxidation sites excluding steroid dienone is 4. The molecule has 0 saturated heterocycles. The van der Waals surface area contributed by atoms with Crippen molar-refractivity contribution in [1.29, 1.82) is 0 Å². The minimum absolute atomic E-state index is 0.242. The Kier molecular flexibility index (Phi) is 9.47. The smallest absolute Gasteiger partial charge is 0.338 e. The third kappa shape index (κ3) is 5.92. The first-order valence-electron chi connectivity index (χ1n) is 17.2. The highest BCUT2D eigenvalue weighted by molar-refractivity contribution is 5.89. The molecular formula is C40H56O2. The number of ether oxygens (including phenoxy) is 1. The molecule has 0 bridgehead atoms. The van der Waals surface area contributed by atoms with Gasteiger partial charge >= 0.3 is 5.97 Å². The molecule has 228 valence electrons. The summed E-state index contributed by atoms with van der Waals surface area (Å²) in [5.41, 5.74) is 3.95. The van der Waals surface area contributed by atoms with E-state index in [2.05, 4.69) is 65.7 Å². The van der Waals surface area contributed by atoms with Crippen molar-refractivity contribution in [2.24, 2.45) is 58.2 Å². The van der Waals surface area contributed by atoms with E-state index in [1.807, 2.05) is 0 Å². The van der Waals surface area contributed by atoms with E-state index in [-0.39, 0.29) is 5.97 Å². The van der Waals surface area contributed by atoms with Crippen molar-refractivity contribution in [3.05, 3.63) is 59.2 Å². The molecule has 5 rings (SSSR count). The normalized spacial score (nSPS) is 35.5. The second-order valence-corrected chi connectivity index (χ2v) is 15.3. The highest BCUT2D eigenvalue weighted by Crippen LogP contribution is 2.67. The van der Waals surface area contributed by atoms with E-state index in [4.69, 9.17) is 11.2 Å². The Morgan fingerprint density at radius 1 is 1.05 bits per heavy atom. The number of rotatable bonds is 9. The topological polar surface area (TPSA) is 26.3 Å². The van der Waals surface area contributed by atoms with Crippen LogP contribution in [0.4, 0.5) is 0 Å². The predicted octanol–water partition coefficient (Wildman–Crippen LogP) is 10.3. The Morgan fingerprint density at radius 3 is 2.50 bits per heavy atom. The fourth-order valence-corrected chi connectivity index (χ4v) is 10.3. The Labute approximate surface area is 257 Å². The van der Waals surface area contributed by atoms with Crippen LogP contribution in [0.2, 0.25) is 0 Å². The predicted molar refractivity (Wildman–Crippen MR) is 175 cm³/mol. The van der Waals surface area contributed by atoms with Gasteiger partial charge in [0.25, 0.3) is 0 Å². The van der Waals surface area contributed by atoms with Gasteiger partial charge in [0.2, 0.25) is 0 Å². The second-order valence-electron chi connectivity index (χ2n) is 15.3. The molecule has 0 radical (unpaired) electrons. The lowest BCUT2D eigenvalue weighted by Crippen LogP contribution is -2.50. The summed E-state index contributed by atoms with van der Waals surface area (Å²) < 4.78 is 5.67. The number of benzene rings is 1. The molecule has 3 saturated carbocycles. The van der Waals surface area contributed by atoms with Gasteiger partial charge in [-0.25, -0.2) is 4.79 Å². The summed E-state index contributed by atoms with van der Waals surface area (Å²) >= 11 is 0. The lowest BCUT2D eigenvalue weighted by Gasteiger charge is -2.58. The summed E-state index contributed by atoms with van der Waals surface area (Å²) in [6.45, 7) is 15.4. The molecule has 0 heterocycles. The van der Waals surface area contributed by atoms with Crippen LogP contribution in [0.25, 0.3) is 0 Å². The Morgan fingerprint density at radius 2 is 1.81 bits per heavy atom. The number of carbonyl (C=O) groups is 1. The molecule has 4 aliphatic rings. The van der Waals surface area contributed by atoms with Crippen molar-refractivity contribution >= 4 is 5.97 Å². The summed E-state index contributed by atoms with van der Waals surface area (Å²) in [5, 5.41) is 0. The standard InChI is InChI=1S/C40H56O2/c1-8-29-11-14-32(15-12-29)38(41)42-25-22-30-20-23-39(6)33(26-30)16-17-34-36-19-18-35(40(36,7)24-21-37(34)39)28(5)10-13-31(9-2)27(3)4/h1,10-16,27-28,30-31,34-37H,9,17-26H2,2-7H3/b13-10+/t28-,30-,31-,34+,35-,36+,37+,39+,40-/m1/s1. The van der Waals surface area contributed by atoms with Crippen LogP contribution in [0.5, 0.6) is 0 Å². The van der Waals surface area contributed by atoms with Crippen molar-refractivity contribution in [2.75, 3.05) is 6.61 Å². The van der Waals surface area contributed by atoms with E-state index < -0.39 is 0 Å². The molecule has 2 heteroatoms. The van der Waals surface area contributed by atoms with Gasteiger partial charge in [0.05, 0.1) is 12.2 Å². The van der Waals surface area contributed by atoms with Gasteiger partial charge in [-0.3, -0.25) is 0 Å². The van der Waals surface area contributed by atoms with Gasteiger partial charge in [-0.15, -0.1) is 6.42 Å². The van der Waals surface area contributed by atoms with Crippen LogP contribution in [-0.4, -0.2) is 12.6 Å². The molecule has 9 atom stereocenters. The Bertz CT molecular complexity index is 1200. The van der Waals surface area contributed by atoms with Crippen molar-refractivity contribution in [3.8, 4) is 12.3 Å². The molecule has 0 aliphatic heterocycles. The van der Waals surface area contributed by atoms with Gasteiger partial charge in [-0.2, -0.15) is 0 Å². The monoisotopic (exact) mass is 568 g/mol. The number of carbonyl (C=O) groups excluding carboxylic acids is 1. The highest BCUT2D eigenvalue weighted by Gasteiger charge is 2.59. The molecule has 0 aromatic heterocycles. The lowest BCUT2D eigenvalue weighted by molar-refractivity contribution is -0.0498. The van der Waals surface area contributed by atoms with Crippen LogP contribution < -0.4 is 0 Å². The maximum absolute atomic E-state index is 12.5. The minimum Gasteiger partial charge on any atom is -0.462 e. The summed E-state index contributed by atoms with van der Waals surface area (Å²) in [4.78, 5) is 12.5. The van der Waals surface area contributed by atoms with Gasteiger partial charge in [0.1, 0.15) is 0 Å². The van der Waals surface area contributed by atoms with E-state index in [0.29, 0.717) is 40.8 Å². The van der Waals surface area contributed by atoms with Crippen LogP contribution in [0.15, 0.2) is 48.1 Å². The maximum Gasteiger partial charge on any atom is 0.338 e. The molecular weight excluding hydrogens is 512 g/mol. The van der Waals surface area contributed by atoms with Gasteiger partial charge < -0.3 is 4.74 Å². The van der Waals surface area contributed by atoms with E-state index in [1.165, 1.54) is 57.8 Å². The fraction of sp³-hybridized carbons (Fsp3) is 0.675. The first kappa shape index (κ1) is 31.2. The molecule has 1 aromatic rings. The summed E-state index contributed by atoms with van der Waals surface area (Å²) in [6.07, 6.45) is 26.2. The average Bonchev–Trinajstić information content (AvgIpc) is 3.34. The van der Waals surface area contributed by atoms with Gasteiger partial charge in [0, 0.05) is 5.56 Å². The zero-order valence-electron chi connectivity index (χ0n) is 27.3. The number of terminal acetylenes is 1. The molecule has 0 amide bonds. The molecule has 4 aliphatic carbocycles. The van der Waals surface area contributed by atoms with Crippen molar-refractivity contribution in [1.82, 2.24) is 0 Å². The Hall–Kier alpha value is -2.27. The van der Waals surface area contributed by atoms with E-state index >= 15 is 0 Å². The molecule has 0 unspecified atom stereocenters. The molecule has 1 aromatic carbocycles. The van der Waals surface area contributed by atoms with Gasteiger partial charge in [0.15, 0.2) is 0 Å². The fourth-order valence-electron chi connectivity index (χ4n) is 10.3. The SMILES string of the molecule is C#Cc1ccc(C(=O)OCC[C@H]2CC[C@@]3(C)C(=CC[C@H]4[C@@H]5CC[C@H]([C@H](C)/C=C/[C@@H](CC)C(C)C)[C@@]5(C)CC[C@@H]43)C2)cc1. The third-order valence-electron chi connectivity index (χ3n) is 13.0. The first-order valence-corrected chi connectivity index (χ1v) is 17.2. The highest BCUT2D eigenvalue weighted by atomic mass is 16.5. The summed E-state index contributed by atoms with van der Waals surface area (Å²) in [5.74, 6) is 8.50. The zero-order chi connectivity index (χ0) is 30.1. The number of hydrogen-bond donors (Lipinski definition) is 0. The van der Waals surface area contributed by atoms with Gasteiger partial charge in [-0.1, -0.05) is 71.3 Å². The van der Waals surface area contributed by atoms with Crippen LogP contribution in [0.1, 0.15) is 122 Å². The van der Waals surface area contributed by atoms with Crippen LogP contribution in [0, 0.1) is 70.5 Å². The van der Waals surface area contributed by atoms with Crippen LogP contribution in [-0.2, 0) is 4.74 Å². The molecule has 42 heavy (non-hydrogen) atoms. The van der Waals surface area contributed by atoms with E-state index in [9.17, 15) is 4.79 Å². The third-order valence-corrected chi connectivity index (χ3v) is 13.0. The lowest BCUT2D eigenvalue weighted by atomic mass is 9.46.